The van der Waals surface area contributed by atoms with Gasteiger partial charge in [-0.25, -0.2) is 0 Å². The SMILES string of the molecule is C=CCN(C(=O)CSc1nnnn1-c1ccccc1C)c1ccccc1. The second-order valence-corrected chi connectivity index (χ2v) is 6.52. The van der Waals surface area contributed by atoms with Crippen molar-refractivity contribution in [3.63, 3.8) is 0 Å². The van der Waals surface area contributed by atoms with Crippen molar-refractivity contribution in [2.24, 2.45) is 0 Å². The summed E-state index contributed by atoms with van der Waals surface area (Å²) in [5, 5.41) is 12.5. The molecule has 0 radical (unpaired) electrons. The highest BCUT2D eigenvalue weighted by molar-refractivity contribution is 7.99. The maximum absolute atomic E-state index is 12.7. The smallest absolute Gasteiger partial charge is 0.237 e. The van der Waals surface area contributed by atoms with Crippen LogP contribution in [0.15, 0.2) is 72.4 Å². The number of aromatic nitrogens is 4. The van der Waals surface area contributed by atoms with E-state index in [1.54, 1.807) is 15.7 Å². The van der Waals surface area contributed by atoms with E-state index >= 15 is 0 Å². The Labute approximate surface area is 156 Å². The summed E-state index contributed by atoms with van der Waals surface area (Å²) in [5.74, 6) is 0.204. The molecule has 1 heterocycles. The third kappa shape index (κ3) is 4.00. The van der Waals surface area contributed by atoms with Gasteiger partial charge in [0.15, 0.2) is 0 Å². The van der Waals surface area contributed by atoms with E-state index in [0.717, 1.165) is 16.9 Å². The van der Waals surface area contributed by atoms with Gasteiger partial charge in [-0.2, -0.15) is 4.68 Å². The predicted molar refractivity (Wildman–Crippen MR) is 104 cm³/mol. The van der Waals surface area contributed by atoms with Gasteiger partial charge in [-0.3, -0.25) is 4.79 Å². The van der Waals surface area contributed by atoms with Crippen molar-refractivity contribution in [1.29, 1.82) is 0 Å². The Hall–Kier alpha value is -2.93. The molecule has 26 heavy (non-hydrogen) atoms. The summed E-state index contributed by atoms with van der Waals surface area (Å²) in [7, 11) is 0. The van der Waals surface area contributed by atoms with E-state index in [9.17, 15) is 4.79 Å². The Balaban J connectivity index is 1.75. The van der Waals surface area contributed by atoms with E-state index in [-0.39, 0.29) is 11.7 Å². The van der Waals surface area contributed by atoms with E-state index in [4.69, 9.17) is 0 Å². The average Bonchev–Trinajstić information content (AvgIpc) is 3.13. The monoisotopic (exact) mass is 365 g/mol. The first-order valence-corrected chi connectivity index (χ1v) is 9.12. The van der Waals surface area contributed by atoms with Crippen LogP contribution in [0.4, 0.5) is 5.69 Å². The van der Waals surface area contributed by atoms with Crippen molar-refractivity contribution in [2.75, 3.05) is 17.2 Å². The molecule has 6 nitrogen and oxygen atoms in total. The first-order valence-electron chi connectivity index (χ1n) is 8.14. The molecular formula is C19H19N5OS. The summed E-state index contributed by atoms with van der Waals surface area (Å²) in [4.78, 5) is 14.4. The average molecular weight is 365 g/mol. The molecule has 0 saturated carbocycles. The van der Waals surface area contributed by atoms with Crippen LogP contribution in [0.5, 0.6) is 0 Å². The number of aryl methyl sites for hydroxylation is 1. The van der Waals surface area contributed by atoms with Crippen LogP contribution in [0.25, 0.3) is 5.69 Å². The number of benzene rings is 2. The number of carbonyl (C=O) groups is 1. The summed E-state index contributed by atoms with van der Waals surface area (Å²) in [5.41, 5.74) is 2.81. The van der Waals surface area contributed by atoms with E-state index in [1.165, 1.54) is 11.8 Å². The van der Waals surface area contributed by atoms with Crippen LogP contribution < -0.4 is 4.90 Å². The minimum atomic E-state index is -0.0274. The zero-order valence-electron chi connectivity index (χ0n) is 14.4. The molecule has 1 aromatic heterocycles. The maximum atomic E-state index is 12.7. The van der Waals surface area contributed by atoms with Crippen molar-refractivity contribution in [2.45, 2.75) is 12.1 Å². The van der Waals surface area contributed by atoms with Gasteiger partial charge in [0.2, 0.25) is 11.1 Å². The van der Waals surface area contributed by atoms with E-state index < -0.39 is 0 Å². The van der Waals surface area contributed by atoms with Crippen molar-refractivity contribution < 1.29 is 4.79 Å². The highest BCUT2D eigenvalue weighted by Gasteiger charge is 2.17. The Morgan fingerprint density at radius 1 is 1.19 bits per heavy atom. The Morgan fingerprint density at radius 3 is 2.65 bits per heavy atom. The third-order valence-electron chi connectivity index (χ3n) is 3.79. The zero-order valence-corrected chi connectivity index (χ0v) is 15.3. The first kappa shape index (κ1) is 17.9. The molecule has 0 atom stereocenters. The lowest BCUT2D eigenvalue weighted by Gasteiger charge is -2.21. The van der Waals surface area contributed by atoms with Crippen molar-refractivity contribution in [3.8, 4) is 5.69 Å². The number of hydrogen-bond acceptors (Lipinski definition) is 5. The molecule has 0 aliphatic carbocycles. The lowest BCUT2D eigenvalue weighted by atomic mass is 10.2. The molecule has 7 heteroatoms. The molecule has 0 fully saturated rings. The number of hydrogen-bond donors (Lipinski definition) is 0. The van der Waals surface area contributed by atoms with Gasteiger partial charge < -0.3 is 4.90 Å². The number of tetrazole rings is 1. The lowest BCUT2D eigenvalue weighted by molar-refractivity contribution is -0.116. The Kier molecular flexibility index (Phi) is 5.80. The molecule has 0 aliphatic heterocycles. The van der Waals surface area contributed by atoms with Gasteiger partial charge in [-0.1, -0.05) is 54.2 Å². The summed E-state index contributed by atoms with van der Waals surface area (Å²) >= 11 is 1.32. The molecule has 3 aromatic rings. The predicted octanol–water partition coefficient (Wildman–Crippen LogP) is 3.28. The van der Waals surface area contributed by atoms with E-state index in [1.807, 2.05) is 61.5 Å². The Bertz CT molecular complexity index is 894. The first-order chi connectivity index (χ1) is 12.7. The van der Waals surface area contributed by atoms with Crippen LogP contribution >= 0.6 is 11.8 Å². The van der Waals surface area contributed by atoms with Crippen molar-refractivity contribution >= 4 is 23.4 Å². The molecular weight excluding hydrogens is 346 g/mol. The fourth-order valence-electron chi connectivity index (χ4n) is 2.51. The summed E-state index contributed by atoms with van der Waals surface area (Å²) < 4.78 is 1.66. The van der Waals surface area contributed by atoms with Crippen LogP contribution in [0.2, 0.25) is 0 Å². The van der Waals surface area contributed by atoms with Crippen LogP contribution in [-0.2, 0) is 4.79 Å². The lowest BCUT2D eigenvalue weighted by Crippen LogP contribution is -2.32. The van der Waals surface area contributed by atoms with Crippen molar-refractivity contribution in [1.82, 2.24) is 20.2 Å². The van der Waals surface area contributed by atoms with E-state index in [0.29, 0.717) is 11.7 Å². The molecule has 0 aliphatic rings. The molecule has 132 valence electrons. The van der Waals surface area contributed by atoms with Crippen LogP contribution in [0.3, 0.4) is 0 Å². The highest BCUT2D eigenvalue weighted by atomic mass is 32.2. The number of rotatable bonds is 7. The molecule has 0 saturated heterocycles. The van der Waals surface area contributed by atoms with Gasteiger partial charge in [0.25, 0.3) is 0 Å². The molecule has 2 aromatic carbocycles. The van der Waals surface area contributed by atoms with Crippen LogP contribution in [0.1, 0.15) is 5.56 Å². The van der Waals surface area contributed by atoms with Crippen LogP contribution in [0, 0.1) is 6.92 Å². The highest BCUT2D eigenvalue weighted by Crippen LogP contribution is 2.22. The zero-order chi connectivity index (χ0) is 18.4. The fraction of sp³-hybridized carbons (Fsp3) is 0.158. The number of nitrogens with zero attached hydrogens (tertiary/aromatic N) is 5. The fourth-order valence-corrected chi connectivity index (χ4v) is 3.27. The minimum absolute atomic E-state index is 0.0274. The third-order valence-corrected chi connectivity index (χ3v) is 4.69. The summed E-state index contributed by atoms with van der Waals surface area (Å²) in [6.07, 6.45) is 1.72. The van der Waals surface area contributed by atoms with Gasteiger partial charge in [-0.15, -0.1) is 11.7 Å². The van der Waals surface area contributed by atoms with Crippen molar-refractivity contribution in [3.05, 3.63) is 72.8 Å². The normalized spacial score (nSPS) is 10.5. The molecule has 0 spiro atoms. The molecule has 1 amide bonds. The summed E-state index contributed by atoms with van der Waals surface area (Å²) in [6.45, 7) is 6.19. The Morgan fingerprint density at radius 2 is 1.92 bits per heavy atom. The summed E-state index contributed by atoms with van der Waals surface area (Å²) in [6, 6.07) is 17.4. The molecule has 0 N–H and O–H groups in total. The topological polar surface area (TPSA) is 63.9 Å². The number of carbonyl (C=O) groups excluding carboxylic acids is 1. The van der Waals surface area contributed by atoms with Gasteiger partial charge in [0.1, 0.15) is 0 Å². The van der Waals surface area contributed by atoms with E-state index in [2.05, 4.69) is 22.1 Å². The number of thioether (sulfide) groups is 1. The molecule has 0 unspecified atom stereocenters. The van der Waals surface area contributed by atoms with Crippen LogP contribution in [-0.4, -0.2) is 38.4 Å². The molecule has 3 rings (SSSR count). The molecule has 0 bridgehead atoms. The number of para-hydroxylation sites is 2. The second-order valence-electron chi connectivity index (χ2n) is 5.58. The number of amides is 1. The van der Waals surface area contributed by atoms with Gasteiger partial charge in [-0.05, 0) is 41.1 Å². The van der Waals surface area contributed by atoms with Gasteiger partial charge in [0, 0.05) is 12.2 Å². The standard InChI is InChI=1S/C19H19N5OS/c1-3-13-23(16-10-5-4-6-11-16)18(25)14-26-19-20-21-22-24(19)17-12-8-7-9-15(17)2/h3-12H,1,13-14H2,2H3. The minimum Gasteiger partial charge on any atom is -0.308 e. The second kappa shape index (κ2) is 8.44. The quantitative estimate of drug-likeness (QED) is 0.475. The maximum Gasteiger partial charge on any atom is 0.237 e. The number of anilines is 1. The largest absolute Gasteiger partial charge is 0.308 e. The van der Waals surface area contributed by atoms with Gasteiger partial charge in [0.05, 0.1) is 11.4 Å². The van der Waals surface area contributed by atoms with Gasteiger partial charge >= 0.3 is 0 Å².